The fourth-order valence-electron chi connectivity index (χ4n) is 1.59. The third-order valence-electron chi connectivity index (χ3n) is 2.64. The van der Waals surface area contributed by atoms with E-state index in [-0.39, 0.29) is 5.92 Å². The SMILES string of the molecule is COc1cc(NCc2cccnc2)nc(C(C)C)n1. The molecule has 2 aromatic rings. The molecule has 0 saturated heterocycles. The second-order valence-corrected chi connectivity index (χ2v) is 4.52. The van der Waals surface area contributed by atoms with Crippen LogP contribution in [0, 0.1) is 0 Å². The number of rotatable bonds is 5. The second kappa shape index (κ2) is 6.13. The number of nitrogens with zero attached hydrogens (tertiary/aromatic N) is 3. The third kappa shape index (κ3) is 3.64. The summed E-state index contributed by atoms with van der Waals surface area (Å²) in [6.45, 7) is 4.78. The predicted molar refractivity (Wildman–Crippen MR) is 74.2 cm³/mol. The van der Waals surface area contributed by atoms with Crippen LogP contribution in [-0.2, 0) is 6.54 Å². The molecule has 0 aliphatic carbocycles. The zero-order valence-corrected chi connectivity index (χ0v) is 11.4. The molecule has 0 fully saturated rings. The van der Waals surface area contributed by atoms with Gasteiger partial charge in [0.2, 0.25) is 5.88 Å². The topological polar surface area (TPSA) is 59.9 Å². The maximum atomic E-state index is 5.19. The number of methoxy groups -OCH3 is 1. The van der Waals surface area contributed by atoms with Crippen molar-refractivity contribution < 1.29 is 4.74 Å². The molecule has 5 nitrogen and oxygen atoms in total. The molecule has 100 valence electrons. The van der Waals surface area contributed by atoms with Gasteiger partial charge in [-0.2, -0.15) is 4.98 Å². The Bertz CT molecular complexity index is 528. The summed E-state index contributed by atoms with van der Waals surface area (Å²) in [7, 11) is 1.61. The Kier molecular flexibility index (Phi) is 4.28. The molecule has 0 saturated carbocycles. The minimum absolute atomic E-state index is 0.258. The van der Waals surface area contributed by atoms with Crippen molar-refractivity contribution in [2.24, 2.45) is 0 Å². The van der Waals surface area contributed by atoms with E-state index >= 15 is 0 Å². The van der Waals surface area contributed by atoms with Crippen molar-refractivity contribution >= 4 is 5.82 Å². The van der Waals surface area contributed by atoms with Crippen molar-refractivity contribution in [1.29, 1.82) is 0 Å². The predicted octanol–water partition coefficient (Wildman–Crippen LogP) is 2.62. The standard InChI is InChI=1S/C14H18N4O/c1-10(2)14-17-12(7-13(18-14)19-3)16-9-11-5-4-6-15-8-11/h4-8,10H,9H2,1-3H3,(H,16,17,18). The Labute approximate surface area is 113 Å². The van der Waals surface area contributed by atoms with Crippen LogP contribution in [-0.4, -0.2) is 22.1 Å². The van der Waals surface area contributed by atoms with E-state index in [1.807, 2.05) is 18.3 Å². The number of anilines is 1. The summed E-state index contributed by atoms with van der Waals surface area (Å²) in [5.41, 5.74) is 1.10. The van der Waals surface area contributed by atoms with Crippen LogP contribution >= 0.6 is 0 Å². The molecule has 5 heteroatoms. The lowest BCUT2D eigenvalue weighted by Crippen LogP contribution is -2.06. The van der Waals surface area contributed by atoms with Gasteiger partial charge in [-0.25, -0.2) is 4.98 Å². The summed E-state index contributed by atoms with van der Waals surface area (Å²) < 4.78 is 5.19. The summed E-state index contributed by atoms with van der Waals surface area (Å²) in [5.74, 6) is 2.37. The van der Waals surface area contributed by atoms with Crippen LogP contribution < -0.4 is 10.1 Å². The van der Waals surface area contributed by atoms with Crippen LogP contribution in [0.2, 0.25) is 0 Å². The van der Waals surface area contributed by atoms with E-state index in [0.29, 0.717) is 12.4 Å². The first-order valence-electron chi connectivity index (χ1n) is 6.25. The highest BCUT2D eigenvalue weighted by molar-refractivity contribution is 5.39. The van der Waals surface area contributed by atoms with Gasteiger partial charge in [-0.3, -0.25) is 4.98 Å². The third-order valence-corrected chi connectivity index (χ3v) is 2.64. The van der Waals surface area contributed by atoms with Gasteiger partial charge in [-0.1, -0.05) is 19.9 Å². The first kappa shape index (κ1) is 13.3. The molecule has 1 N–H and O–H groups in total. The van der Waals surface area contributed by atoms with Crippen molar-refractivity contribution in [1.82, 2.24) is 15.0 Å². The molecule has 2 aromatic heterocycles. The van der Waals surface area contributed by atoms with E-state index in [4.69, 9.17) is 4.74 Å². The highest BCUT2D eigenvalue weighted by atomic mass is 16.5. The van der Waals surface area contributed by atoms with Gasteiger partial charge in [-0.05, 0) is 11.6 Å². The van der Waals surface area contributed by atoms with Crippen LogP contribution in [0.1, 0.15) is 31.2 Å². The number of aromatic nitrogens is 3. The fourth-order valence-corrected chi connectivity index (χ4v) is 1.59. The van der Waals surface area contributed by atoms with Crippen LogP contribution in [0.15, 0.2) is 30.6 Å². The largest absolute Gasteiger partial charge is 0.481 e. The van der Waals surface area contributed by atoms with Gasteiger partial charge in [0, 0.05) is 30.9 Å². The van der Waals surface area contributed by atoms with Crippen molar-refractivity contribution in [3.05, 3.63) is 42.0 Å². The lowest BCUT2D eigenvalue weighted by atomic mass is 10.2. The van der Waals surface area contributed by atoms with Gasteiger partial charge in [-0.15, -0.1) is 0 Å². The normalized spacial score (nSPS) is 10.5. The highest BCUT2D eigenvalue weighted by Crippen LogP contribution is 2.18. The average Bonchev–Trinajstić information content (AvgIpc) is 2.45. The molecule has 0 aliphatic rings. The highest BCUT2D eigenvalue weighted by Gasteiger charge is 2.08. The Balaban J connectivity index is 2.13. The van der Waals surface area contributed by atoms with Gasteiger partial charge in [0.1, 0.15) is 11.6 Å². The summed E-state index contributed by atoms with van der Waals surface area (Å²) in [6.07, 6.45) is 3.59. The molecule has 19 heavy (non-hydrogen) atoms. The van der Waals surface area contributed by atoms with Gasteiger partial charge < -0.3 is 10.1 Å². The molecule has 0 aromatic carbocycles. The maximum absolute atomic E-state index is 5.19. The second-order valence-electron chi connectivity index (χ2n) is 4.52. The Hall–Kier alpha value is -2.17. The smallest absolute Gasteiger partial charge is 0.218 e. The van der Waals surface area contributed by atoms with E-state index in [1.165, 1.54) is 0 Å². The molecule has 0 amide bonds. The molecular weight excluding hydrogens is 240 g/mol. The lowest BCUT2D eigenvalue weighted by Gasteiger charge is -2.10. The van der Waals surface area contributed by atoms with E-state index in [9.17, 15) is 0 Å². The van der Waals surface area contributed by atoms with Crippen molar-refractivity contribution in [3.8, 4) is 5.88 Å². The van der Waals surface area contributed by atoms with Crippen molar-refractivity contribution in [2.75, 3.05) is 12.4 Å². The van der Waals surface area contributed by atoms with E-state index in [1.54, 1.807) is 19.4 Å². The Morgan fingerprint density at radius 2 is 2.16 bits per heavy atom. The average molecular weight is 258 g/mol. The molecule has 0 aliphatic heterocycles. The maximum Gasteiger partial charge on any atom is 0.218 e. The van der Waals surface area contributed by atoms with Crippen molar-refractivity contribution in [3.63, 3.8) is 0 Å². The van der Waals surface area contributed by atoms with E-state index < -0.39 is 0 Å². The monoisotopic (exact) mass is 258 g/mol. The van der Waals surface area contributed by atoms with Gasteiger partial charge in [0.25, 0.3) is 0 Å². The van der Waals surface area contributed by atoms with Crippen molar-refractivity contribution in [2.45, 2.75) is 26.3 Å². The number of hydrogen-bond acceptors (Lipinski definition) is 5. The minimum Gasteiger partial charge on any atom is -0.481 e. The Morgan fingerprint density at radius 1 is 1.32 bits per heavy atom. The number of hydrogen-bond donors (Lipinski definition) is 1. The molecule has 2 rings (SSSR count). The molecule has 0 atom stereocenters. The van der Waals surface area contributed by atoms with E-state index in [0.717, 1.165) is 17.2 Å². The molecule has 2 heterocycles. The summed E-state index contributed by atoms with van der Waals surface area (Å²) in [4.78, 5) is 12.9. The van der Waals surface area contributed by atoms with Crippen LogP contribution in [0.25, 0.3) is 0 Å². The number of ether oxygens (including phenoxy) is 1. The fraction of sp³-hybridized carbons (Fsp3) is 0.357. The summed E-state index contributed by atoms with van der Waals surface area (Å²) >= 11 is 0. The van der Waals surface area contributed by atoms with Gasteiger partial charge in [0.05, 0.1) is 7.11 Å². The summed E-state index contributed by atoms with van der Waals surface area (Å²) in [6, 6.07) is 5.72. The Morgan fingerprint density at radius 3 is 2.79 bits per heavy atom. The first-order chi connectivity index (χ1) is 9.19. The van der Waals surface area contributed by atoms with Crippen LogP contribution in [0.4, 0.5) is 5.82 Å². The lowest BCUT2D eigenvalue weighted by molar-refractivity contribution is 0.394. The quantitative estimate of drug-likeness (QED) is 0.893. The van der Waals surface area contributed by atoms with Gasteiger partial charge >= 0.3 is 0 Å². The van der Waals surface area contributed by atoms with Crippen LogP contribution in [0.5, 0.6) is 5.88 Å². The molecule has 0 bridgehead atoms. The zero-order chi connectivity index (χ0) is 13.7. The molecule has 0 radical (unpaired) electrons. The van der Waals surface area contributed by atoms with Crippen LogP contribution in [0.3, 0.4) is 0 Å². The number of pyridine rings is 1. The zero-order valence-electron chi connectivity index (χ0n) is 11.4. The molecule has 0 unspecified atom stereocenters. The minimum atomic E-state index is 0.258. The summed E-state index contributed by atoms with van der Waals surface area (Å²) in [5, 5.41) is 3.26. The van der Waals surface area contributed by atoms with Gasteiger partial charge in [0.15, 0.2) is 0 Å². The molecular formula is C14H18N4O. The molecule has 0 spiro atoms. The van der Waals surface area contributed by atoms with E-state index in [2.05, 4.69) is 34.1 Å². The first-order valence-corrected chi connectivity index (χ1v) is 6.25. The number of nitrogens with one attached hydrogen (secondary N) is 1.